The number of nitrogens with one attached hydrogen (secondary N) is 2. The van der Waals surface area contributed by atoms with E-state index in [0.29, 0.717) is 50.3 Å². The first kappa shape index (κ1) is 30.5. The SMILES string of the molecule is C=CC(=O)N1CCN(C2NC(OCC3CCCN3C)NC3C(=O)[C@]4(CCC32)Cc2ccc(Cl)cc2N(C)C4)CC1CC#N. The fraction of sp³-hybridized carbons (Fsp3) is 0.656. The van der Waals surface area contributed by atoms with Crippen LogP contribution in [-0.2, 0) is 20.7 Å². The van der Waals surface area contributed by atoms with Crippen LogP contribution in [0.1, 0.15) is 37.7 Å². The predicted octanol–water partition coefficient (Wildman–Crippen LogP) is 2.19. The second kappa shape index (κ2) is 12.5. The zero-order chi connectivity index (χ0) is 30.3. The number of rotatable bonds is 6. The van der Waals surface area contributed by atoms with Gasteiger partial charge in [0.05, 0.1) is 42.8 Å². The summed E-state index contributed by atoms with van der Waals surface area (Å²) in [5.74, 6) is 0.146. The van der Waals surface area contributed by atoms with Crippen molar-refractivity contribution < 1.29 is 14.3 Å². The van der Waals surface area contributed by atoms with Gasteiger partial charge in [0, 0.05) is 55.9 Å². The van der Waals surface area contributed by atoms with Crippen LogP contribution in [0, 0.1) is 22.7 Å². The molecule has 0 radical (unpaired) electrons. The maximum atomic E-state index is 14.7. The number of carbonyl (C=O) groups is 2. The first-order valence-electron chi connectivity index (χ1n) is 15.6. The molecule has 5 aliphatic rings. The molecule has 1 saturated carbocycles. The zero-order valence-electron chi connectivity index (χ0n) is 25.3. The Labute approximate surface area is 259 Å². The maximum Gasteiger partial charge on any atom is 0.246 e. The van der Waals surface area contributed by atoms with Crippen molar-refractivity contribution in [2.75, 3.05) is 58.3 Å². The quantitative estimate of drug-likeness (QED) is 0.470. The molecule has 3 saturated heterocycles. The van der Waals surface area contributed by atoms with Gasteiger partial charge in [0.1, 0.15) is 0 Å². The summed E-state index contributed by atoms with van der Waals surface area (Å²) in [6.07, 6.45) is 5.64. The van der Waals surface area contributed by atoms with Crippen LogP contribution in [0.5, 0.6) is 0 Å². The third-order valence-corrected chi connectivity index (χ3v) is 10.8. The summed E-state index contributed by atoms with van der Waals surface area (Å²) in [6.45, 7) is 7.70. The Bertz CT molecular complexity index is 1290. The van der Waals surface area contributed by atoms with Gasteiger partial charge in [0.15, 0.2) is 12.1 Å². The van der Waals surface area contributed by atoms with Gasteiger partial charge < -0.3 is 19.4 Å². The number of Topliss-reactive ketones (excluding diaryl/α,β-unsaturated/α-hetero) is 1. The number of anilines is 1. The second-order valence-electron chi connectivity index (χ2n) is 13.1. The Morgan fingerprint density at radius 3 is 2.81 bits per heavy atom. The van der Waals surface area contributed by atoms with Crippen molar-refractivity contribution >= 4 is 29.0 Å². The number of likely N-dealkylation sites (N-methyl/N-ethyl adjacent to an activating group) is 1. The van der Waals surface area contributed by atoms with E-state index in [1.54, 1.807) is 4.90 Å². The number of hydrogen-bond acceptors (Lipinski definition) is 9. The number of piperazine rings is 1. The number of nitriles is 1. The highest BCUT2D eigenvalue weighted by Crippen LogP contribution is 2.47. The van der Waals surface area contributed by atoms with Gasteiger partial charge in [-0.25, -0.2) is 0 Å². The monoisotopic (exact) mass is 609 g/mol. The number of hydrogen-bond donors (Lipinski definition) is 2. The Morgan fingerprint density at radius 1 is 1.23 bits per heavy atom. The van der Waals surface area contributed by atoms with E-state index in [2.05, 4.69) is 58.1 Å². The molecule has 10 nitrogen and oxygen atoms in total. The first-order valence-corrected chi connectivity index (χ1v) is 16.0. The topological polar surface area (TPSA) is 104 Å². The lowest BCUT2D eigenvalue weighted by Crippen LogP contribution is -2.75. The fourth-order valence-corrected chi connectivity index (χ4v) is 8.48. The summed E-state index contributed by atoms with van der Waals surface area (Å²) >= 11 is 6.32. The smallest absolute Gasteiger partial charge is 0.246 e. The molecule has 1 aromatic carbocycles. The molecule has 6 rings (SSSR count). The molecule has 7 atom stereocenters. The lowest BCUT2D eigenvalue weighted by Gasteiger charge is -2.56. The number of fused-ring (bicyclic) bond motifs is 2. The van der Waals surface area contributed by atoms with Crippen LogP contribution >= 0.6 is 11.6 Å². The maximum absolute atomic E-state index is 14.7. The number of likely N-dealkylation sites (tertiary alicyclic amines) is 1. The van der Waals surface area contributed by atoms with Crippen molar-refractivity contribution in [2.45, 2.75) is 69.2 Å². The normalized spacial score (nSPS) is 35.0. The average molecular weight is 610 g/mol. The minimum absolute atomic E-state index is 0.0356. The van der Waals surface area contributed by atoms with Crippen LogP contribution in [0.4, 0.5) is 5.69 Å². The summed E-state index contributed by atoms with van der Waals surface area (Å²) in [4.78, 5) is 35.9. The van der Waals surface area contributed by atoms with E-state index in [1.807, 2.05) is 12.1 Å². The molecule has 43 heavy (non-hydrogen) atoms. The molecule has 4 aliphatic heterocycles. The Hall–Kier alpha value is -2.52. The summed E-state index contributed by atoms with van der Waals surface area (Å²) in [6, 6.07) is 8.01. The highest BCUT2D eigenvalue weighted by molar-refractivity contribution is 6.30. The van der Waals surface area contributed by atoms with Crippen molar-refractivity contribution in [2.24, 2.45) is 11.3 Å². The largest absolute Gasteiger partial charge is 0.373 e. The molecular formula is C32H44ClN7O3. The Balaban J connectivity index is 1.26. The lowest BCUT2D eigenvalue weighted by atomic mass is 9.61. The van der Waals surface area contributed by atoms with E-state index in [-0.39, 0.29) is 42.3 Å². The molecule has 232 valence electrons. The number of carbonyl (C=O) groups excluding carboxylic acids is 2. The second-order valence-corrected chi connectivity index (χ2v) is 13.6. The van der Waals surface area contributed by atoms with Crippen LogP contribution in [0.15, 0.2) is 30.9 Å². The Morgan fingerprint density at radius 2 is 2.07 bits per heavy atom. The van der Waals surface area contributed by atoms with E-state index < -0.39 is 11.8 Å². The van der Waals surface area contributed by atoms with Crippen molar-refractivity contribution in [1.29, 1.82) is 5.26 Å². The van der Waals surface area contributed by atoms with Gasteiger partial charge in [0.2, 0.25) is 5.91 Å². The molecule has 4 fully saturated rings. The summed E-state index contributed by atoms with van der Waals surface area (Å²) in [5, 5.41) is 17.6. The van der Waals surface area contributed by atoms with Gasteiger partial charge in [-0.15, -0.1) is 0 Å². The van der Waals surface area contributed by atoms with Crippen molar-refractivity contribution in [1.82, 2.24) is 25.3 Å². The summed E-state index contributed by atoms with van der Waals surface area (Å²) < 4.78 is 6.48. The highest BCUT2D eigenvalue weighted by Gasteiger charge is 2.56. The van der Waals surface area contributed by atoms with Gasteiger partial charge >= 0.3 is 0 Å². The van der Waals surface area contributed by atoms with E-state index in [1.165, 1.54) is 12.5 Å². The third-order valence-electron chi connectivity index (χ3n) is 10.6. The molecule has 1 aliphatic carbocycles. The van der Waals surface area contributed by atoms with Gasteiger partial charge in [-0.2, -0.15) is 5.26 Å². The molecule has 4 heterocycles. The van der Waals surface area contributed by atoms with Crippen LogP contribution in [0.25, 0.3) is 0 Å². The molecule has 0 aromatic heterocycles. The van der Waals surface area contributed by atoms with Gasteiger partial charge in [-0.3, -0.25) is 25.1 Å². The number of halogens is 1. The zero-order valence-corrected chi connectivity index (χ0v) is 26.1. The molecule has 1 aromatic rings. The molecule has 1 spiro atoms. The number of ketones is 1. The molecule has 6 unspecified atom stereocenters. The summed E-state index contributed by atoms with van der Waals surface area (Å²) in [5.41, 5.74) is 1.77. The standard InChI is InChI=1S/C32H44ClN7O3/c1-4-27(41)40-15-14-39(18-23(40)10-12-34)30-25-9-11-32(17-21-7-8-22(33)16-26(21)38(3)20-32)29(42)28(25)35-31(36-30)43-19-24-6-5-13-37(24)2/h4,7-8,16,23-25,28,30-31,35-36H,1,5-6,9-11,13-15,17-20H2,2-3H3/t23?,24?,25?,28?,30?,31?,32-/m1/s1. The van der Waals surface area contributed by atoms with Crippen LogP contribution in [0.3, 0.4) is 0 Å². The van der Waals surface area contributed by atoms with Crippen molar-refractivity contribution in [3.05, 3.63) is 41.4 Å². The lowest BCUT2D eigenvalue weighted by molar-refractivity contribution is -0.152. The van der Waals surface area contributed by atoms with Gasteiger partial charge in [-0.05, 0) is 69.5 Å². The molecule has 0 bridgehead atoms. The highest BCUT2D eigenvalue weighted by atomic mass is 35.5. The fourth-order valence-electron chi connectivity index (χ4n) is 8.31. The van der Waals surface area contributed by atoms with Crippen molar-refractivity contribution in [3.8, 4) is 6.07 Å². The average Bonchev–Trinajstić information content (AvgIpc) is 3.42. The molecule has 1 amide bonds. The van der Waals surface area contributed by atoms with E-state index in [0.717, 1.165) is 37.1 Å². The van der Waals surface area contributed by atoms with E-state index >= 15 is 0 Å². The predicted molar refractivity (Wildman–Crippen MR) is 165 cm³/mol. The number of ether oxygens (including phenoxy) is 1. The minimum Gasteiger partial charge on any atom is -0.373 e. The number of nitrogens with zero attached hydrogens (tertiary/aromatic N) is 5. The number of benzene rings is 1. The van der Waals surface area contributed by atoms with Gasteiger partial charge in [-0.1, -0.05) is 24.2 Å². The van der Waals surface area contributed by atoms with E-state index in [9.17, 15) is 14.9 Å². The third kappa shape index (κ3) is 5.84. The minimum atomic E-state index is -0.486. The van der Waals surface area contributed by atoms with Gasteiger partial charge in [0.25, 0.3) is 0 Å². The van der Waals surface area contributed by atoms with Crippen LogP contribution in [-0.4, -0.2) is 110 Å². The Kier molecular flexibility index (Phi) is 8.84. The molecule has 2 N–H and O–H groups in total. The van der Waals surface area contributed by atoms with E-state index in [4.69, 9.17) is 16.3 Å². The van der Waals surface area contributed by atoms with Crippen molar-refractivity contribution in [3.63, 3.8) is 0 Å². The van der Waals surface area contributed by atoms with Crippen LogP contribution in [0.2, 0.25) is 5.02 Å². The van der Waals surface area contributed by atoms with Crippen LogP contribution < -0.4 is 15.5 Å². The molecule has 11 heteroatoms. The first-order chi connectivity index (χ1) is 20.7. The summed E-state index contributed by atoms with van der Waals surface area (Å²) in [7, 11) is 4.19. The molecular weight excluding hydrogens is 566 g/mol. The number of amides is 1.